The van der Waals surface area contributed by atoms with Gasteiger partial charge in [-0.05, 0) is 12.8 Å². The molecule has 2 amide bonds. The molecule has 0 fully saturated rings. The number of nitrogens with zero attached hydrogens (tertiary/aromatic N) is 3. The molecule has 0 spiro atoms. The molecule has 1 heterocycles. The molecule has 0 aromatic carbocycles. The first-order chi connectivity index (χ1) is 8.93. The van der Waals surface area contributed by atoms with Gasteiger partial charge in [0.1, 0.15) is 0 Å². The first kappa shape index (κ1) is 15.0. The van der Waals surface area contributed by atoms with Crippen molar-refractivity contribution >= 4 is 17.7 Å². The van der Waals surface area contributed by atoms with Crippen molar-refractivity contribution in [1.29, 1.82) is 0 Å². The van der Waals surface area contributed by atoms with Crippen LogP contribution in [0.1, 0.15) is 25.5 Å². The Hall–Kier alpha value is -2.05. The molecule has 2 N–H and O–H groups in total. The monoisotopic (exact) mass is 268 g/mol. The summed E-state index contributed by atoms with van der Waals surface area (Å²) in [5.74, 6) is -0.852. The molecule has 0 aliphatic carbocycles. The third kappa shape index (κ3) is 4.61. The van der Waals surface area contributed by atoms with Gasteiger partial charge in [0.25, 0.3) is 0 Å². The van der Waals surface area contributed by atoms with Gasteiger partial charge >= 0.3 is 12.0 Å². The number of hydrogen-bond acceptors (Lipinski definition) is 3. The zero-order valence-electron chi connectivity index (χ0n) is 11.5. The average molecular weight is 268 g/mol. The summed E-state index contributed by atoms with van der Waals surface area (Å²) in [6, 6.07) is -0.256. The van der Waals surface area contributed by atoms with E-state index in [2.05, 4.69) is 10.4 Å². The molecule has 19 heavy (non-hydrogen) atoms. The van der Waals surface area contributed by atoms with E-state index in [9.17, 15) is 9.59 Å². The Balaban J connectivity index is 2.51. The zero-order valence-corrected chi connectivity index (χ0v) is 11.5. The second-order valence-electron chi connectivity index (χ2n) is 4.37. The van der Waals surface area contributed by atoms with Crippen LogP contribution in [0.4, 0.5) is 10.5 Å². The Morgan fingerprint density at radius 2 is 2.21 bits per heavy atom. The summed E-state index contributed by atoms with van der Waals surface area (Å²) in [4.78, 5) is 23.8. The first-order valence-corrected chi connectivity index (χ1v) is 6.20. The number of anilines is 1. The van der Waals surface area contributed by atoms with Gasteiger partial charge in [0.2, 0.25) is 0 Å². The van der Waals surface area contributed by atoms with E-state index in [1.54, 1.807) is 25.0 Å². The summed E-state index contributed by atoms with van der Waals surface area (Å²) in [5.41, 5.74) is 1.52. The van der Waals surface area contributed by atoms with Crippen molar-refractivity contribution in [3.8, 4) is 0 Å². The molecule has 106 valence electrons. The minimum atomic E-state index is -0.852. The molecule has 7 heteroatoms. The van der Waals surface area contributed by atoms with Crippen molar-refractivity contribution in [2.45, 2.75) is 26.2 Å². The van der Waals surface area contributed by atoms with E-state index in [1.807, 2.05) is 6.92 Å². The average Bonchev–Trinajstić information content (AvgIpc) is 2.68. The molecule has 1 aromatic rings. The number of carboxylic acids is 1. The van der Waals surface area contributed by atoms with Crippen LogP contribution in [-0.4, -0.2) is 45.4 Å². The summed E-state index contributed by atoms with van der Waals surface area (Å²) in [7, 11) is 3.44. The van der Waals surface area contributed by atoms with E-state index in [4.69, 9.17) is 5.11 Å². The van der Waals surface area contributed by atoms with Gasteiger partial charge in [-0.2, -0.15) is 5.10 Å². The number of carbonyl (C=O) groups excluding carboxylic acids is 1. The van der Waals surface area contributed by atoms with Gasteiger partial charge in [0, 0.05) is 33.3 Å². The maximum absolute atomic E-state index is 11.9. The minimum Gasteiger partial charge on any atom is -0.481 e. The number of rotatable bonds is 6. The topological polar surface area (TPSA) is 87.5 Å². The number of carboxylic acid groups (broad SMARTS) is 1. The van der Waals surface area contributed by atoms with Crippen LogP contribution in [-0.2, 0) is 18.3 Å². The lowest BCUT2D eigenvalue weighted by Gasteiger charge is -2.17. The van der Waals surface area contributed by atoms with Crippen LogP contribution < -0.4 is 5.32 Å². The summed E-state index contributed by atoms with van der Waals surface area (Å²) in [6.45, 7) is 2.37. The quantitative estimate of drug-likeness (QED) is 0.814. The molecule has 0 aliphatic heterocycles. The fourth-order valence-electron chi connectivity index (χ4n) is 1.68. The largest absolute Gasteiger partial charge is 0.481 e. The number of nitrogens with one attached hydrogen (secondary N) is 1. The molecule has 1 aromatic heterocycles. The highest BCUT2D eigenvalue weighted by Crippen LogP contribution is 2.14. The van der Waals surface area contributed by atoms with Gasteiger partial charge in [-0.1, -0.05) is 6.92 Å². The number of amides is 2. The maximum atomic E-state index is 11.9. The number of hydrogen-bond donors (Lipinski definition) is 2. The molecule has 1 rings (SSSR count). The van der Waals surface area contributed by atoms with Crippen molar-refractivity contribution in [1.82, 2.24) is 14.7 Å². The lowest BCUT2D eigenvalue weighted by atomic mass is 10.3. The number of urea groups is 1. The fraction of sp³-hybridized carbons (Fsp3) is 0.583. The summed E-state index contributed by atoms with van der Waals surface area (Å²) < 4.78 is 1.65. The smallest absolute Gasteiger partial charge is 0.321 e. The molecule has 0 saturated heterocycles. The highest BCUT2D eigenvalue weighted by atomic mass is 16.4. The summed E-state index contributed by atoms with van der Waals surface area (Å²) >= 11 is 0. The molecule has 7 nitrogen and oxygen atoms in total. The molecule has 0 bridgehead atoms. The summed E-state index contributed by atoms with van der Waals surface area (Å²) in [6.07, 6.45) is 2.98. The Labute approximate surface area is 112 Å². The highest BCUT2D eigenvalue weighted by Gasteiger charge is 2.13. The van der Waals surface area contributed by atoms with Gasteiger partial charge in [-0.25, -0.2) is 4.79 Å². The van der Waals surface area contributed by atoms with Gasteiger partial charge in [-0.3, -0.25) is 9.48 Å². The molecule has 0 saturated carbocycles. The Morgan fingerprint density at radius 3 is 2.79 bits per heavy atom. The SMILES string of the molecule is CCc1nn(C)cc1NC(=O)N(C)CCCC(=O)O. The second kappa shape index (κ2) is 6.77. The van der Waals surface area contributed by atoms with E-state index in [1.165, 1.54) is 4.90 Å². The Kier molecular flexibility index (Phi) is 5.35. The third-order valence-corrected chi connectivity index (χ3v) is 2.71. The molecular weight excluding hydrogens is 248 g/mol. The van der Waals surface area contributed by atoms with Crippen molar-refractivity contribution in [3.05, 3.63) is 11.9 Å². The predicted molar refractivity (Wildman–Crippen MR) is 71.1 cm³/mol. The standard InChI is InChI=1S/C12H20N4O3/c1-4-9-10(8-16(3)14-9)13-12(19)15(2)7-5-6-11(17)18/h8H,4-7H2,1-3H3,(H,13,19)(H,17,18). The van der Waals surface area contributed by atoms with Crippen molar-refractivity contribution in [2.24, 2.45) is 7.05 Å². The first-order valence-electron chi connectivity index (χ1n) is 6.20. The fourth-order valence-corrected chi connectivity index (χ4v) is 1.68. The van der Waals surface area contributed by atoms with Crippen LogP contribution in [0, 0.1) is 0 Å². The number of carbonyl (C=O) groups is 2. The molecule has 0 aliphatic rings. The van der Waals surface area contributed by atoms with Crippen molar-refractivity contribution in [2.75, 3.05) is 18.9 Å². The number of aliphatic carboxylic acids is 1. The molecular formula is C12H20N4O3. The van der Waals surface area contributed by atoms with E-state index in [0.717, 1.165) is 12.1 Å². The van der Waals surface area contributed by atoms with E-state index in [-0.39, 0.29) is 12.5 Å². The van der Waals surface area contributed by atoms with Gasteiger partial charge < -0.3 is 15.3 Å². The van der Waals surface area contributed by atoms with Crippen LogP contribution in [0.5, 0.6) is 0 Å². The lowest BCUT2D eigenvalue weighted by Crippen LogP contribution is -2.32. The normalized spacial score (nSPS) is 10.3. The number of aryl methyl sites for hydroxylation is 2. The molecule has 0 unspecified atom stereocenters. The predicted octanol–water partition coefficient (Wildman–Crippen LogP) is 1.31. The Morgan fingerprint density at radius 1 is 1.53 bits per heavy atom. The van der Waals surface area contributed by atoms with Gasteiger partial charge in [0.15, 0.2) is 0 Å². The summed E-state index contributed by atoms with van der Waals surface area (Å²) in [5, 5.41) is 15.6. The molecule has 0 atom stereocenters. The van der Waals surface area contributed by atoms with E-state index < -0.39 is 5.97 Å². The van der Waals surface area contributed by atoms with Crippen molar-refractivity contribution in [3.63, 3.8) is 0 Å². The highest BCUT2D eigenvalue weighted by molar-refractivity contribution is 5.89. The van der Waals surface area contributed by atoms with Crippen LogP contribution in [0.2, 0.25) is 0 Å². The minimum absolute atomic E-state index is 0.0602. The van der Waals surface area contributed by atoms with Crippen LogP contribution in [0.25, 0.3) is 0 Å². The Bertz CT molecular complexity index is 456. The second-order valence-corrected chi connectivity index (χ2v) is 4.37. The van der Waals surface area contributed by atoms with Gasteiger partial charge in [-0.15, -0.1) is 0 Å². The van der Waals surface area contributed by atoms with Crippen LogP contribution in [0.15, 0.2) is 6.20 Å². The van der Waals surface area contributed by atoms with Crippen LogP contribution >= 0.6 is 0 Å². The molecule has 0 radical (unpaired) electrons. The maximum Gasteiger partial charge on any atom is 0.321 e. The number of aromatic nitrogens is 2. The van der Waals surface area contributed by atoms with E-state index in [0.29, 0.717) is 18.7 Å². The lowest BCUT2D eigenvalue weighted by molar-refractivity contribution is -0.137. The zero-order chi connectivity index (χ0) is 14.4. The van der Waals surface area contributed by atoms with Crippen molar-refractivity contribution < 1.29 is 14.7 Å². The van der Waals surface area contributed by atoms with E-state index >= 15 is 0 Å². The third-order valence-electron chi connectivity index (χ3n) is 2.71. The van der Waals surface area contributed by atoms with Gasteiger partial charge in [0.05, 0.1) is 11.4 Å². The van der Waals surface area contributed by atoms with Crippen LogP contribution in [0.3, 0.4) is 0 Å².